The molecule has 18 heavy (non-hydrogen) atoms. The maximum atomic E-state index is 12.2. The number of halogens is 3. The number of hydrogen-bond acceptors (Lipinski definition) is 1. The molecule has 1 N–H and O–H groups in total. The Bertz CT molecular complexity index is 425. The van der Waals surface area contributed by atoms with Gasteiger partial charge in [0.1, 0.15) is 0 Å². The number of rotatable bonds is 5. The van der Waals surface area contributed by atoms with E-state index < -0.39 is 0 Å². The summed E-state index contributed by atoms with van der Waals surface area (Å²) in [5.41, 5.74) is 0.192. The quantitative estimate of drug-likeness (QED) is 0.769. The maximum Gasteiger partial charge on any atom is 0.251 e. The van der Waals surface area contributed by atoms with Gasteiger partial charge in [0, 0.05) is 15.9 Å². The van der Waals surface area contributed by atoms with Crippen molar-refractivity contribution in [3.05, 3.63) is 33.3 Å². The zero-order valence-electron chi connectivity index (χ0n) is 10.4. The fourth-order valence-electron chi connectivity index (χ4n) is 1.60. The highest BCUT2D eigenvalue weighted by Gasteiger charge is 2.27. The Balaban J connectivity index is 2.90. The highest BCUT2D eigenvalue weighted by atomic mass is 79.9. The van der Waals surface area contributed by atoms with Crippen molar-refractivity contribution in [3.63, 3.8) is 0 Å². The molecule has 0 bridgehead atoms. The van der Waals surface area contributed by atoms with Crippen LogP contribution in [0.2, 0.25) is 5.02 Å². The van der Waals surface area contributed by atoms with Gasteiger partial charge in [-0.05, 0) is 47.0 Å². The average Bonchev–Trinajstić information content (AvgIpc) is 2.39. The second-order valence-corrected chi connectivity index (χ2v) is 5.73. The summed E-state index contributed by atoms with van der Waals surface area (Å²) in [7, 11) is 0. The van der Waals surface area contributed by atoms with Crippen molar-refractivity contribution in [2.75, 3.05) is 5.88 Å². The molecule has 0 aliphatic carbocycles. The molecule has 5 heteroatoms. The molecule has 0 atom stereocenters. The van der Waals surface area contributed by atoms with Gasteiger partial charge in [-0.15, -0.1) is 11.6 Å². The molecular formula is C13H16BrCl2NO. The van der Waals surface area contributed by atoms with Crippen LogP contribution in [-0.2, 0) is 0 Å². The average molecular weight is 353 g/mol. The Kier molecular flexibility index (Phi) is 5.96. The number of alkyl halides is 1. The van der Waals surface area contributed by atoms with Crippen LogP contribution < -0.4 is 5.32 Å². The minimum Gasteiger partial charge on any atom is -0.345 e. The van der Waals surface area contributed by atoms with Gasteiger partial charge >= 0.3 is 0 Å². The number of benzene rings is 1. The summed E-state index contributed by atoms with van der Waals surface area (Å²) < 4.78 is 0.773. The van der Waals surface area contributed by atoms with E-state index in [0.717, 1.165) is 17.3 Å². The zero-order valence-corrected chi connectivity index (χ0v) is 13.5. The lowest BCUT2D eigenvalue weighted by atomic mass is 9.94. The number of carbonyl (C=O) groups excluding carboxylic acids is 1. The first-order valence-electron chi connectivity index (χ1n) is 5.81. The van der Waals surface area contributed by atoms with Crippen LogP contribution in [-0.4, -0.2) is 17.3 Å². The van der Waals surface area contributed by atoms with Crippen LogP contribution in [0, 0.1) is 0 Å². The zero-order chi connectivity index (χ0) is 13.8. The first-order chi connectivity index (χ1) is 8.48. The molecule has 0 fully saturated rings. The van der Waals surface area contributed by atoms with E-state index in [1.165, 1.54) is 0 Å². The monoisotopic (exact) mass is 351 g/mol. The fraction of sp³-hybridized carbons (Fsp3) is 0.462. The SMILES string of the molecule is CCC(CC)(CCl)NC(=O)c1ccc(Br)c(Cl)c1. The predicted octanol–water partition coefficient (Wildman–Crippen LogP) is 4.63. The standard InChI is InChI=1S/C13H16BrCl2NO/c1-3-13(4-2,8-15)17-12(18)9-5-6-10(14)11(16)7-9/h5-7H,3-4,8H2,1-2H3,(H,17,18). The van der Waals surface area contributed by atoms with Gasteiger partial charge in [-0.25, -0.2) is 0 Å². The van der Waals surface area contributed by atoms with Crippen molar-refractivity contribution in [1.82, 2.24) is 5.32 Å². The highest BCUT2D eigenvalue weighted by molar-refractivity contribution is 9.10. The van der Waals surface area contributed by atoms with Crippen LogP contribution >= 0.6 is 39.1 Å². The van der Waals surface area contributed by atoms with Crippen LogP contribution in [0.25, 0.3) is 0 Å². The van der Waals surface area contributed by atoms with E-state index in [0.29, 0.717) is 16.5 Å². The topological polar surface area (TPSA) is 29.1 Å². The van der Waals surface area contributed by atoms with Crippen molar-refractivity contribution in [2.24, 2.45) is 0 Å². The molecule has 1 aromatic rings. The van der Waals surface area contributed by atoms with Crippen LogP contribution in [0.5, 0.6) is 0 Å². The summed E-state index contributed by atoms with van der Waals surface area (Å²) in [6, 6.07) is 5.14. The molecule has 0 radical (unpaired) electrons. The third kappa shape index (κ3) is 3.62. The second-order valence-electron chi connectivity index (χ2n) is 4.20. The van der Waals surface area contributed by atoms with Gasteiger partial charge in [-0.3, -0.25) is 4.79 Å². The van der Waals surface area contributed by atoms with E-state index in [1.807, 2.05) is 13.8 Å². The molecule has 0 heterocycles. The first kappa shape index (κ1) is 15.8. The normalized spacial score (nSPS) is 11.4. The minimum absolute atomic E-state index is 0.145. The molecule has 0 spiro atoms. The first-order valence-corrected chi connectivity index (χ1v) is 7.52. The van der Waals surface area contributed by atoms with E-state index in [2.05, 4.69) is 21.2 Å². The Hall–Kier alpha value is -0.250. The second kappa shape index (κ2) is 6.78. The Labute approximate surface area is 126 Å². The molecule has 0 aliphatic rings. The molecular weight excluding hydrogens is 337 g/mol. The van der Waals surface area contributed by atoms with Crippen molar-refractivity contribution in [3.8, 4) is 0 Å². The lowest BCUT2D eigenvalue weighted by Gasteiger charge is -2.30. The summed E-state index contributed by atoms with van der Waals surface area (Å²) in [5.74, 6) is 0.254. The third-order valence-corrected chi connectivity index (χ3v) is 4.91. The van der Waals surface area contributed by atoms with Crippen LogP contribution in [0.1, 0.15) is 37.0 Å². The van der Waals surface area contributed by atoms with Crippen molar-refractivity contribution in [1.29, 1.82) is 0 Å². The smallest absolute Gasteiger partial charge is 0.251 e. The maximum absolute atomic E-state index is 12.2. The van der Waals surface area contributed by atoms with Crippen molar-refractivity contribution >= 4 is 45.0 Å². The van der Waals surface area contributed by atoms with Crippen molar-refractivity contribution in [2.45, 2.75) is 32.2 Å². The highest BCUT2D eigenvalue weighted by Crippen LogP contribution is 2.24. The molecule has 1 amide bonds. The summed E-state index contributed by atoms with van der Waals surface area (Å²) in [6.45, 7) is 4.03. The van der Waals surface area contributed by atoms with Gasteiger partial charge in [0.25, 0.3) is 5.91 Å². The summed E-state index contributed by atoms with van der Waals surface area (Å²) in [4.78, 5) is 12.2. The molecule has 0 unspecified atom stereocenters. The molecule has 0 saturated heterocycles. The van der Waals surface area contributed by atoms with Crippen LogP contribution in [0.4, 0.5) is 0 Å². The van der Waals surface area contributed by atoms with Gasteiger partial charge in [0.15, 0.2) is 0 Å². The van der Waals surface area contributed by atoms with Gasteiger partial charge in [0.05, 0.1) is 10.6 Å². The molecule has 1 aromatic carbocycles. The predicted molar refractivity (Wildman–Crippen MR) is 80.7 cm³/mol. The largest absolute Gasteiger partial charge is 0.345 e. The third-order valence-electron chi connectivity index (χ3n) is 3.17. The fourth-order valence-corrected chi connectivity index (χ4v) is 2.47. The number of carbonyl (C=O) groups is 1. The van der Waals surface area contributed by atoms with E-state index in [9.17, 15) is 4.79 Å². The van der Waals surface area contributed by atoms with Gasteiger partial charge in [0.2, 0.25) is 0 Å². The summed E-state index contributed by atoms with van der Waals surface area (Å²) in [6.07, 6.45) is 1.59. The van der Waals surface area contributed by atoms with E-state index in [4.69, 9.17) is 23.2 Å². The molecule has 0 aliphatic heterocycles. The van der Waals surface area contributed by atoms with E-state index in [1.54, 1.807) is 18.2 Å². The molecule has 100 valence electrons. The molecule has 2 nitrogen and oxygen atoms in total. The van der Waals surface area contributed by atoms with Gasteiger partial charge in [-0.2, -0.15) is 0 Å². The lowest BCUT2D eigenvalue weighted by Crippen LogP contribution is -2.49. The summed E-state index contributed by atoms with van der Waals surface area (Å²) >= 11 is 15.2. The number of nitrogens with one attached hydrogen (secondary N) is 1. The van der Waals surface area contributed by atoms with Gasteiger partial charge in [-0.1, -0.05) is 25.4 Å². The van der Waals surface area contributed by atoms with Gasteiger partial charge < -0.3 is 5.32 Å². The van der Waals surface area contributed by atoms with E-state index in [-0.39, 0.29) is 11.4 Å². The number of amides is 1. The molecule has 1 rings (SSSR count). The number of hydrogen-bond donors (Lipinski definition) is 1. The van der Waals surface area contributed by atoms with Crippen LogP contribution in [0.3, 0.4) is 0 Å². The minimum atomic E-state index is -0.349. The Morgan fingerprint density at radius 1 is 1.39 bits per heavy atom. The Morgan fingerprint density at radius 3 is 2.44 bits per heavy atom. The molecule has 0 saturated carbocycles. The summed E-state index contributed by atoms with van der Waals surface area (Å²) in [5, 5.41) is 3.52. The Morgan fingerprint density at radius 2 is 2.00 bits per heavy atom. The van der Waals surface area contributed by atoms with Crippen molar-refractivity contribution < 1.29 is 4.79 Å². The molecule has 0 aromatic heterocycles. The lowest BCUT2D eigenvalue weighted by molar-refractivity contribution is 0.0902. The van der Waals surface area contributed by atoms with E-state index >= 15 is 0 Å². The van der Waals surface area contributed by atoms with Crippen LogP contribution in [0.15, 0.2) is 22.7 Å².